The van der Waals surface area contributed by atoms with E-state index in [2.05, 4.69) is 47.6 Å². The summed E-state index contributed by atoms with van der Waals surface area (Å²) in [4.78, 5) is 13.7. The molecule has 3 aliphatic rings. The van der Waals surface area contributed by atoms with Gasteiger partial charge in [0.25, 0.3) is 15.1 Å². The predicted molar refractivity (Wildman–Crippen MR) is 197 cm³/mol. The summed E-state index contributed by atoms with van der Waals surface area (Å²) in [7, 11) is -4.37. The van der Waals surface area contributed by atoms with Gasteiger partial charge in [-0.05, 0) is 68.2 Å². The molecule has 1 aromatic heterocycles. The molecule has 0 saturated carbocycles. The number of rotatable bonds is 17. The Morgan fingerprint density at radius 3 is 2.46 bits per heavy atom. The number of fused-ring (bicyclic) bond motifs is 2. The zero-order valence-electron chi connectivity index (χ0n) is 30.1. The van der Waals surface area contributed by atoms with E-state index < -0.39 is 15.5 Å². The number of hydrogen-bond donors (Lipinski definition) is 1. The molecular weight excluding hydrogens is 709 g/mol. The largest absolute Gasteiger partial charge is 0.493 e. The fraction of sp³-hybridized carbons (Fsp3) is 0.526. The summed E-state index contributed by atoms with van der Waals surface area (Å²) in [5.41, 5.74) is 3.18. The standard InChI is InChI=1S/C38H48N2O10S2/c1-4-45-35(41)11-6-5-7-20-46-27-12-15-32-31(25-27)40(19-17-37-49-23-24-50-37)34(51-32)10-8-9-33-38(2,3)29-26-28(52(42,43)44)13-14-30(29)39(33)18-16-36-47-21-22-48-36/h8-10,12-15,25-26,36-37H,4-7,11,16-24H2,1-3H3/p+1. The fourth-order valence-corrected chi connectivity index (χ4v) is 8.48. The summed E-state index contributed by atoms with van der Waals surface area (Å²) in [6.07, 6.45) is 9.94. The van der Waals surface area contributed by atoms with Crippen molar-refractivity contribution in [3.63, 3.8) is 0 Å². The van der Waals surface area contributed by atoms with Gasteiger partial charge in [0, 0.05) is 42.3 Å². The Hall–Kier alpha value is -3.37. The van der Waals surface area contributed by atoms with Crippen molar-refractivity contribution < 1.29 is 50.8 Å². The number of hydrogen-bond acceptors (Lipinski definition) is 11. The summed E-state index contributed by atoms with van der Waals surface area (Å²) < 4.78 is 71.4. The summed E-state index contributed by atoms with van der Waals surface area (Å²) in [6, 6.07) is 10.9. The van der Waals surface area contributed by atoms with E-state index in [0.717, 1.165) is 57.2 Å². The third-order valence-corrected chi connectivity index (χ3v) is 11.5. The molecule has 2 saturated heterocycles. The predicted octanol–water partition coefficient (Wildman–Crippen LogP) is 6.16. The van der Waals surface area contributed by atoms with Crippen LogP contribution in [0.25, 0.3) is 16.3 Å². The lowest BCUT2D eigenvalue weighted by Crippen LogP contribution is -2.37. The highest BCUT2D eigenvalue weighted by Gasteiger charge is 2.41. The third-order valence-electron chi connectivity index (χ3n) is 9.51. The molecule has 0 radical (unpaired) electrons. The minimum Gasteiger partial charge on any atom is -0.493 e. The Morgan fingerprint density at radius 1 is 1.02 bits per heavy atom. The van der Waals surface area contributed by atoms with Crippen molar-refractivity contribution in [1.82, 2.24) is 0 Å². The zero-order chi connectivity index (χ0) is 36.7. The lowest BCUT2D eigenvalue weighted by molar-refractivity contribution is -0.670. The van der Waals surface area contributed by atoms with Gasteiger partial charge in [-0.2, -0.15) is 13.0 Å². The first-order valence-corrected chi connectivity index (χ1v) is 20.3. The van der Waals surface area contributed by atoms with Crippen LogP contribution in [-0.2, 0) is 50.6 Å². The highest BCUT2D eigenvalue weighted by atomic mass is 32.2. The minimum atomic E-state index is -4.37. The Morgan fingerprint density at radius 2 is 1.75 bits per heavy atom. The molecule has 0 atom stereocenters. The number of thiazole rings is 1. The smallest absolute Gasteiger partial charge is 0.305 e. The van der Waals surface area contributed by atoms with Crippen LogP contribution in [-0.4, -0.2) is 77.7 Å². The Kier molecular flexibility index (Phi) is 12.7. The number of carbonyl (C=O) groups excluding carboxylic acids is 1. The van der Waals surface area contributed by atoms with Gasteiger partial charge in [-0.1, -0.05) is 31.3 Å². The fourth-order valence-electron chi connectivity index (χ4n) is 6.89. The van der Waals surface area contributed by atoms with Gasteiger partial charge in [-0.15, -0.1) is 0 Å². The van der Waals surface area contributed by atoms with Crippen LogP contribution in [0.5, 0.6) is 5.75 Å². The number of carbonyl (C=O) groups is 1. The average Bonchev–Trinajstić information content (AvgIpc) is 3.92. The lowest BCUT2D eigenvalue weighted by atomic mass is 9.83. The molecule has 0 aliphatic carbocycles. The quantitative estimate of drug-likeness (QED) is 0.0735. The molecule has 0 unspecified atom stereocenters. The van der Waals surface area contributed by atoms with E-state index in [0.29, 0.717) is 72.0 Å². The molecule has 52 heavy (non-hydrogen) atoms. The Balaban J connectivity index is 1.24. The molecule has 1 N–H and O–H groups in total. The molecule has 2 aromatic carbocycles. The van der Waals surface area contributed by atoms with E-state index in [4.69, 9.17) is 28.4 Å². The first-order chi connectivity index (χ1) is 25.0. The minimum absolute atomic E-state index is 0.127. The van der Waals surface area contributed by atoms with E-state index in [1.54, 1.807) is 23.5 Å². The van der Waals surface area contributed by atoms with Gasteiger partial charge in [-0.25, -0.2) is 0 Å². The van der Waals surface area contributed by atoms with Crippen molar-refractivity contribution in [3.8, 4) is 5.75 Å². The van der Waals surface area contributed by atoms with Crippen LogP contribution in [0.1, 0.15) is 69.9 Å². The van der Waals surface area contributed by atoms with Gasteiger partial charge >= 0.3 is 5.97 Å². The van der Waals surface area contributed by atoms with E-state index in [-0.39, 0.29) is 23.4 Å². The second-order valence-corrected chi connectivity index (χ2v) is 15.9. The number of esters is 1. The SMILES string of the molecule is CCOC(=O)CCCCCOc1ccc2sc(/C=C/C=C3/N(CCC4OCCO4)c4ccc(S(=O)(=O)O)cc4C3(C)C)[n+](CCC3OCCO3)c2c1. The molecule has 282 valence electrons. The molecule has 2 fully saturated rings. The van der Waals surface area contributed by atoms with E-state index in [1.165, 1.54) is 6.07 Å². The number of aryl methyl sites for hydroxylation is 1. The molecule has 12 nitrogen and oxygen atoms in total. The highest BCUT2D eigenvalue weighted by molar-refractivity contribution is 7.85. The van der Waals surface area contributed by atoms with Crippen molar-refractivity contribution in [2.24, 2.45) is 0 Å². The van der Waals surface area contributed by atoms with Gasteiger partial charge in [0.1, 0.15) is 10.4 Å². The second kappa shape index (κ2) is 17.2. The van der Waals surface area contributed by atoms with Crippen LogP contribution >= 0.6 is 11.3 Å². The number of nitrogens with zero attached hydrogens (tertiary/aromatic N) is 2. The molecule has 4 heterocycles. The van der Waals surface area contributed by atoms with E-state index >= 15 is 0 Å². The van der Waals surface area contributed by atoms with E-state index in [9.17, 15) is 17.8 Å². The van der Waals surface area contributed by atoms with Crippen molar-refractivity contribution in [3.05, 3.63) is 64.8 Å². The van der Waals surface area contributed by atoms with Gasteiger partial charge < -0.3 is 33.3 Å². The normalized spacial score (nSPS) is 18.7. The summed E-state index contributed by atoms with van der Waals surface area (Å²) in [5.74, 6) is 0.634. The topological polar surface area (TPSA) is 134 Å². The van der Waals surface area contributed by atoms with Crippen molar-refractivity contribution in [2.45, 2.75) is 88.7 Å². The number of ether oxygens (including phenoxy) is 6. The van der Waals surface area contributed by atoms with Crippen LogP contribution < -0.4 is 14.2 Å². The highest BCUT2D eigenvalue weighted by Crippen LogP contribution is 2.48. The van der Waals surface area contributed by atoms with Crippen molar-refractivity contribution in [1.29, 1.82) is 0 Å². The van der Waals surface area contributed by atoms with Crippen LogP contribution in [0, 0.1) is 0 Å². The number of benzene rings is 2. The maximum Gasteiger partial charge on any atom is 0.305 e. The second-order valence-electron chi connectivity index (χ2n) is 13.4. The lowest BCUT2D eigenvalue weighted by Gasteiger charge is -2.27. The van der Waals surface area contributed by atoms with E-state index in [1.807, 2.05) is 19.1 Å². The number of allylic oxidation sites excluding steroid dienone is 3. The van der Waals surface area contributed by atoms with Gasteiger partial charge in [0.2, 0.25) is 5.52 Å². The van der Waals surface area contributed by atoms with Crippen LogP contribution in [0.4, 0.5) is 5.69 Å². The van der Waals surface area contributed by atoms with Crippen LogP contribution in [0.3, 0.4) is 0 Å². The number of unbranched alkanes of at least 4 members (excludes halogenated alkanes) is 2. The molecule has 0 bridgehead atoms. The Labute approximate surface area is 309 Å². The molecule has 0 spiro atoms. The van der Waals surface area contributed by atoms with Crippen molar-refractivity contribution in [2.75, 3.05) is 51.1 Å². The Bertz CT molecular complexity index is 1880. The molecule has 0 amide bonds. The molecule has 6 rings (SSSR count). The first-order valence-electron chi connectivity index (χ1n) is 18.0. The zero-order valence-corrected chi connectivity index (χ0v) is 31.7. The summed E-state index contributed by atoms with van der Waals surface area (Å²) in [6.45, 7) is 10.5. The molecule has 3 aliphatic heterocycles. The van der Waals surface area contributed by atoms with Crippen molar-refractivity contribution >= 4 is 49.4 Å². The number of aromatic nitrogens is 1. The van der Waals surface area contributed by atoms with Crippen LogP contribution in [0.15, 0.2) is 59.1 Å². The van der Waals surface area contributed by atoms with Gasteiger partial charge in [-0.3, -0.25) is 9.35 Å². The van der Waals surface area contributed by atoms with Gasteiger partial charge in [0.05, 0.1) is 57.0 Å². The number of anilines is 1. The maximum atomic E-state index is 12.1. The molecule has 14 heteroatoms. The third kappa shape index (κ3) is 9.22. The molecular formula is C38H49N2O10S2+. The average molecular weight is 758 g/mol. The van der Waals surface area contributed by atoms with Gasteiger partial charge in [0.15, 0.2) is 19.1 Å². The summed E-state index contributed by atoms with van der Waals surface area (Å²) >= 11 is 1.68. The maximum absolute atomic E-state index is 12.1. The van der Waals surface area contributed by atoms with Crippen LogP contribution in [0.2, 0.25) is 0 Å². The summed E-state index contributed by atoms with van der Waals surface area (Å²) in [5, 5.41) is 1.04. The molecule has 3 aromatic rings. The monoisotopic (exact) mass is 757 g/mol. The first kappa shape index (κ1) is 38.4.